The van der Waals surface area contributed by atoms with E-state index >= 15 is 0 Å². The van der Waals surface area contributed by atoms with Crippen LogP contribution in [0.1, 0.15) is 44.9 Å². The average Bonchev–Trinajstić information content (AvgIpc) is 2.43. The first-order valence-electron chi connectivity index (χ1n) is 7.12. The minimum absolute atomic E-state index is 0.108. The van der Waals surface area contributed by atoms with Crippen LogP contribution in [-0.4, -0.2) is 39.2 Å². The van der Waals surface area contributed by atoms with Crippen molar-refractivity contribution in [3.63, 3.8) is 0 Å². The van der Waals surface area contributed by atoms with E-state index in [0.29, 0.717) is 0 Å². The van der Waals surface area contributed by atoms with Gasteiger partial charge < -0.3 is 21.3 Å². The second-order valence-electron chi connectivity index (χ2n) is 4.49. The summed E-state index contributed by atoms with van der Waals surface area (Å²) in [5.74, 6) is 0. The van der Waals surface area contributed by atoms with E-state index in [1.165, 1.54) is 19.3 Å². The Balaban J connectivity index is 3.07. The standard InChI is InChI=1S/C13H28N4O2/c1-14-12(18)16-10-8-6-4-3-5-7-9-11-17-13(19)15-2/h3-11H2,1-2H3,(H2,14,16,18)(H2,15,17,19). The highest BCUT2D eigenvalue weighted by Crippen LogP contribution is 2.06. The Bertz CT molecular complexity index is 223. The molecule has 112 valence electrons. The zero-order valence-electron chi connectivity index (χ0n) is 12.2. The highest BCUT2D eigenvalue weighted by molar-refractivity contribution is 5.73. The van der Waals surface area contributed by atoms with Crippen molar-refractivity contribution in [1.29, 1.82) is 0 Å². The van der Waals surface area contributed by atoms with Gasteiger partial charge in [0.1, 0.15) is 0 Å². The van der Waals surface area contributed by atoms with Gasteiger partial charge in [0.2, 0.25) is 0 Å². The molecule has 0 saturated heterocycles. The van der Waals surface area contributed by atoms with Gasteiger partial charge in [-0.2, -0.15) is 0 Å². The molecule has 4 N–H and O–H groups in total. The van der Waals surface area contributed by atoms with Crippen LogP contribution in [0.3, 0.4) is 0 Å². The van der Waals surface area contributed by atoms with E-state index in [1.807, 2.05) is 0 Å². The fourth-order valence-electron chi connectivity index (χ4n) is 1.71. The predicted molar refractivity (Wildman–Crippen MR) is 77.2 cm³/mol. The first kappa shape index (κ1) is 17.5. The molecule has 4 amide bonds. The fraction of sp³-hybridized carbons (Fsp3) is 0.846. The van der Waals surface area contributed by atoms with Gasteiger partial charge in [0, 0.05) is 27.2 Å². The van der Waals surface area contributed by atoms with Crippen molar-refractivity contribution in [3.8, 4) is 0 Å². The maximum absolute atomic E-state index is 10.9. The smallest absolute Gasteiger partial charge is 0.314 e. The number of carbonyl (C=O) groups is 2. The quantitative estimate of drug-likeness (QED) is 0.455. The van der Waals surface area contributed by atoms with Crippen molar-refractivity contribution in [1.82, 2.24) is 21.3 Å². The molecule has 0 aromatic rings. The van der Waals surface area contributed by atoms with Gasteiger partial charge in [-0.1, -0.05) is 32.1 Å². The number of amides is 4. The number of hydrogen-bond acceptors (Lipinski definition) is 2. The molecular weight excluding hydrogens is 244 g/mol. The zero-order valence-corrected chi connectivity index (χ0v) is 12.2. The second-order valence-corrected chi connectivity index (χ2v) is 4.49. The third-order valence-corrected chi connectivity index (χ3v) is 2.88. The number of hydrogen-bond donors (Lipinski definition) is 4. The third kappa shape index (κ3) is 12.8. The van der Waals surface area contributed by atoms with Crippen molar-refractivity contribution in [2.75, 3.05) is 27.2 Å². The third-order valence-electron chi connectivity index (χ3n) is 2.88. The monoisotopic (exact) mass is 272 g/mol. The summed E-state index contributed by atoms with van der Waals surface area (Å²) in [5, 5.41) is 10.6. The van der Waals surface area contributed by atoms with Crippen LogP contribution >= 0.6 is 0 Å². The SMILES string of the molecule is CNC(=O)NCCCCCCCCCNC(=O)NC. The Hall–Kier alpha value is -1.46. The first-order chi connectivity index (χ1) is 9.20. The van der Waals surface area contributed by atoms with Crippen LogP contribution in [0.5, 0.6) is 0 Å². The van der Waals surface area contributed by atoms with Crippen LogP contribution in [-0.2, 0) is 0 Å². The molecule has 0 unspecified atom stereocenters. The summed E-state index contributed by atoms with van der Waals surface area (Å²) < 4.78 is 0. The van der Waals surface area contributed by atoms with Gasteiger partial charge in [0.05, 0.1) is 0 Å². The molecule has 0 atom stereocenters. The molecule has 0 aliphatic heterocycles. The zero-order chi connectivity index (χ0) is 14.3. The van der Waals surface area contributed by atoms with Crippen LogP contribution in [0, 0.1) is 0 Å². The van der Waals surface area contributed by atoms with Crippen molar-refractivity contribution in [2.45, 2.75) is 44.9 Å². The second kappa shape index (κ2) is 13.0. The van der Waals surface area contributed by atoms with Gasteiger partial charge >= 0.3 is 12.1 Å². The van der Waals surface area contributed by atoms with Crippen LogP contribution < -0.4 is 21.3 Å². The Labute approximate surface area is 116 Å². The van der Waals surface area contributed by atoms with Crippen LogP contribution in [0.15, 0.2) is 0 Å². The number of urea groups is 2. The maximum atomic E-state index is 10.9. The molecule has 6 nitrogen and oxygen atoms in total. The van der Waals surface area contributed by atoms with E-state index in [0.717, 1.165) is 38.8 Å². The number of unbranched alkanes of at least 4 members (excludes halogenated alkanes) is 6. The fourth-order valence-corrected chi connectivity index (χ4v) is 1.71. The summed E-state index contributed by atoms with van der Waals surface area (Å²) in [6.45, 7) is 1.49. The van der Waals surface area contributed by atoms with Crippen molar-refractivity contribution in [2.24, 2.45) is 0 Å². The predicted octanol–water partition coefficient (Wildman–Crippen LogP) is 1.58. The van der Waals surface area contributed by atoms with Gasteiger partial charge in [0.25, 0.3) is 0 Å². The molecule has 0 aromatic heterocycles. The first-order valence-corrected chi connectivity index (χ1v) is 7.12. The summed E-state index contributed by atoms with van der Waals surface area (Å²) in [6.07, 6.45) is 8.01. The molecule has 0 aliphatic rings. The molecule has 0 aromatic carbocycles. The minimum Gasteiger partial charge on any atom is -0.341 e. The summed E-state index contributed by atoms with van der Waals surface area (Å²) in [5.41, 5.74) is 0. The van der Waals surface area contributed by atoms with Gasteiger partial charge in [-0.05, 0) is 12.8 Å². The number of rotatable bonds is 10. The Kier molecular flexibility index (Phi) is 12.0. The Morgan fingerprint density at radius 1 is 0.632 bits per heavy atom. The summed E-state index contributed by atoms with van der Waals surface area (Å²) in [7, 11) is 3.24. The average molecular weight is 272 g/mol. The van der Waals surface area contributed by atoms with E-state index in [-0.39, 0.29) is 12.1 Å². The molecule has 0 spiro atoms. The van der Waals surface area contributed by atoms with Crippen LogP contribution in [0.4, 0.5) is 9.59 Å². The molecule has 0 fully saturated rings. The summed E-state index contributed by atoms with van der Waals surface area (Å²) in [4.78, 5) is 21.7. The molecule has 0 rings (SSSR count). The lowest BCUT2D eigenvalue weighted by atomic mass is 10.1. The van der Waals surface area contributed by atoms with E-state index in [2.05, 4.69) is 21.3 Å². The van der Waals surface area contributed by atoms with Gasteiger partial charge in [-0.3, -0.25) is 0 Å². The minimum atomic E-state index is -0.108. The summed E-state index contributed by atoms with van der Waals surface area (Å²) >= 11 is 0. The van der Waals surface area contributed by atoms with Gasteiger partial charge in [-0.25, -0.2) is 9.59 Å². The molecule has 0 bridgehead atoms. The lowest BCUT2D eigenvalue weighted by molar-refractivity contribution is 0.242. The molecule has 0 saturated carbocycles. The van der Waals surface area contributed by atoms with Crippen LogP contribution in [0.2, 0.25) is 0 Å². The van der Waals surface area contributed by atoms with E-state index in [1.54, 1.807) is 14.1 Å². The summed E-state index contributed by atoms with van der Waals surface area (Å²) in [6, 6.07) is -0.216. The topological polar surface area (TPSA) is 82.3 Å². The van der Waals surface area contributed by atoms with Crippen molar-refractivity contribution >= 4 is 12.1 Å². The lowest BCUT2D eigenvalue weighted by Gasteiger charge is -2.05. The normalized spacial score (nSPS) is 9.79. The van der Waals surface area contributed by atoms with E-state index < -0.39 is 0 Å². The number of nitrogens with one attached hydrogen (secondary N) is 4. The Morgan fingerprint density at radius 2 is 0.947 bits per heavy atom. The lowest BCUT2D eigenvalue weighted by Crippen LogP contribution is -2.33. The molecule has 0 heterocycles. The largest absolute Gasteiger partial charge is 0.341 e. The van der Waals surface area contributed by atoms with Crippen molar-refractivity contribution < 1.29 is 9.59 Å². The Morgan fingerprint density at radius 3 is 1.26 bits per heavy atom. The highest BCUT2D eigenvalue weighted by Gasteiger charge is 1.96. The van der Waals surface area contributed by atoms with E-state index in [9.17, 15) is 9.59 Å². The highest BCUT2D eigenvalue weighted by atomic mass is 16.2. The molecule has 19 heavy (non-hydrogen) atoms. The maximum Gasteiger partial charge on any atom is 0.314 e. The molecular formula is C13H28N4O2. The van der Waals surface area contributed by atoms with Gasteiger partial charge in [-0.15, -0.1) is 0 Å². The molecule has 0 radical (unpaired) electrons. The van der Waals surface area contributed by atoms with Crippen LogP contribution in [0.25, 0.3) is 0 Å². The van der Waals surface area contributed by atoms with Crippen molar-refractivity contribution in [3.05, 3.63) is 0 Å². The molecule has 0 aliphatic carbocycles. The molecule has 6 heteroatoms. The van der Waals surface area contributed by atoms with E-state index in [4.69, 9.17) is 0 Å². The number of carbonyl (C=O) groups excluding carboxylic acids is 2. The van der Waals surface area contributed by atoms with Gasteiger partial charge in [0.15, 0.2) is 0 Å².